The number of hydrazone groups is 1. The van der Waals surface area contributed by atoms with Gasteiger partial charge in [-0.15, -0.1) is 0 Å². The van der Waals surface area contributed by atoms with Gasteiger partial charge in [0.15, 0.2) is 0 Å². The van der Waals surface area contributed by atoms with Gasteiger partial charge in [0.2, 0.25) is 0 Å². The van der Waals surface area contributed by atoms with E-state index in [1.165, 1.54) is 18.6 Å². The zero-order valence-corrected chi connectivity index (χ0v) is 17.6. The SMILES string of the molecule is CCOc1ccc(C(=O)Oc2ccc(Br)cc2C=NNC(=O)c2ccncc2)cc1. The molecule has 0 aliphatic heterocycles. The lowest BCUT2D eigenvalue weighted by atomic mass is 10.2. The fraction of sp³-hybridized carbons (Fsp3) is 0.0909. The number of benzene rings is 2. The van der Waals surface area contributed by atoms with Crippen LogP contribution in [0.5, 0.6) is 11.5 Å². The monoisotopic (exact) mass is 467 g/mol. The van der Waals surface area contributed by atoms with E-state index in [4.69, 9.17) is 9.47 Å². The molecule has 3 aromatic rings. The zero-order valence-electron chi connectivity index (χ0n) is 16.0. The minimum Gasteiger partial charge on any atom is -0.494 e. The van der Waals surface area contributed by atoms with Gasteiger partial charge in [0, 0.05) is 28.0 Å². The number of nitrogens with zero attached hydrogens (tertiary/aromatic N) is 2. The first-order valence-corrected chi connectivity index (χ1v) is 9.84. The molecule has 0 spiro atoms. The van der Waals surface area contributed by atoms with Crippen LogP contribution in [0.25, 0.3) is 0 Å². The van der Waals surface area contributed by atoms with Gasteiger partial charge >= 0.3 is 5.97 Å². The second kappa shape index (κ2) is 10.3. The van der Waals surface area contributed by atoms with E-state index in [0.717, 1.165) is 4.47 Å². The predicted octanol–water partition coefficient (Wildman–Crippen LogP) is 4.23. The highest BCUT2D eigenvalue weighted by molar-refractivity contribution is 9.10. The Labute approximate surface area is 181 Å². The smallest absolute Gasteiger partial charge is 0.343 e. The van der Waals surface area contributed by atoms with E-state index < -0.39 is 5.97 Å². The van der Waals surface area contributed by atoms with Gasteiger partial charge in [0.25, 0.3) is 5.91 Å². The highest BCUT2D eigenvalue weighted by Gasteiger charge is 2.12. The molecule has 0 aliphatic carbocycles. The Morgan fingerprint density at radius 1 is 1.07 bits per heavy atom. The molecule has 3 rings (SSSR count). The molecule has 2 aromatic carbocycles. The van der Waals surface area contributed by atoms with E-state index in [2.05, 4.69) is 31.4 Å². The number of pyridine rings is 1. The maximum Gasteiger partial charge on any atom is 0.343 e. The normalized spacial score (nSPS) is 10.6. The Kier molecular flexibility index (Phi) is 7.29. The lowest BCUT2D eigenvalue weighted by Crippen LogP contribution is -2.17. The Balaban J connectivity index is 1.71. The summed E-state index contributed by atoms with van der Waals surface area (Å²) >= 11 is 3.38. The Morgan fingerprint density at radius 3 is 2.50 bits per heavy atom. The van der Waals surface area contributed by atoms with Crippen LogP contribution in [-0.2, 0) is 0 Å². The molecule has 0 saturated carbocycles. The van der Waals surface area contributed by atoms with Crippen LogP contribution >= 0.6 is 15.9 Å². The van der Waals surface area contributed by atoms with Crippen LogP contribution < -0.4 is 14.9 Å². The van der Waals surface area contributed by atoms with Crippen LogP contribution in [0.1, 0.15) is 33.2 Å². The summed E-state index contributed by atoms with van der Waals surface area (Å²) in [6.45, 7) is 2.43. The first-order chi connectivity index (χ1) is 14.6. The molecule has 0 bridgehead atoms. The minimum absolute atomic E-state index is 0.305. The molecule has 1 heterocycles. The average molecular weight is 468 g/mol. The Morgan fingerprint density at radius 2 is 1.80 bits per heavy atom. The average Bonchev–Trinajstić information content (AvgIpc) is 2.76. The van der Waals surface area contributed by atoms with Crippen molar-refractivity contribution in [2.75, 3.05) is 6.61 Å². The molecule has 0 radical (unpaired) electrons. The van der Waals surface area contributed by atoms with Gasteiger partial charge in [-0.25, -0.2) is 10.2 Å². The van der Waals surface area contributed by atoms with Crippen molar-refractivity contribution in [3.63, 3.8) is 0 Å². The van der Waals surface area contributed by atoms with E-state index in [9.17, 15) is 9.59 Å². The molecular weight excluding hydrogens is 450 g/mol. The van der Waals surface area contributed by atoms with Crippen molar-refractivity contribution in [2.24, 2.45) is 5.10 Å². The summed E-state index contributed by atoms with van der Waals surface area (Å²) in [5.74, 6) is 0.0851. The topological polar surface area (TPSA) is 89.9 Å². The number of carbonyl (C=O) groups is 2. The number of aromatic nitrogens is 1. The van der Waals surface area contributed by atoms with Crippen molar-refractivity contribution in [2.45, 2.75) is 6.92 Å². The molecule has 0 saturated heterocycles. The minimum atomic E-state index is -0.518. The van der Waals surface area contributed by atoms with Crippen molar-refractivity contribution in [1.82, 2.24) is 10.4 Å². The van der Waals surface area contributed by atoms with Gasteiger partial charge in [0.05, 0.1) is 18.4 Å². The maximum absolute atomic E-state index is 12.5. The molecule has 1 aromatic heterocycles. The number of amides is 1. The van der Waals surface area contributed by atoms with Gasteiger partial charge in [0.1, 0.15) is 11.5 Å². The molecule has 0 aliphatic rings. The zero-order chi connectivity index (χ0) is 21.3. The molecule has 30 heavy (non-hydrogen) atoms. The van der Waals surface area contributed by atoms with Crippen molar-refractivity contribution >= 4 is 34.0 Å². The third kappa shape index (κ3) is 5.74. The predicted molar refractivity (Wildman–Crippen MR) is 116 cm³/mol. The number of carbonyl (C=O) groups excluding carboxylic acids is 2. The number of esters is 1. The Hall–Kier alpha value is -3.52. The summed E-state index contributed by atoms with van der Waals surface area (Å²) in [6, 6.07) is 14.9. The molecule has 0 fully saturated rings. The summed E-state index contributed by atoms with van der Waals surface area (Å²) < 4.78 is 11.7. The molecule has 1 amide bonds. The van der Waals surface area contributed by atoms with E-state index in [1.54, 1.807) is 54.6 Å². The molecule has 8 heteroatoms. The number of hydrogen-bond acceptors (Lipinski definition) is 6. The fourth-order valence-corrected chi connectivity index (χ4v) is 2.83. The molecule has 152 valence electrons. The van der Waals surface area contributed by atoms with Crippen LogP contribution in [0.4, 0.5) is 0 Å². The molecule has 1 N–H and O–H groups in total. The van der Waals surface area contributed by atoms with Gasteiger partial charge in [-0.05, 0) is 61.5 Å². The van der Waals surface area contributed by atoms with Crippen LogP contribution in [-0.4, -0.2) is 29.7 Å². The number of ether oxygens (including phenoxy) is 2. The van der Waals surface area contributed by atoms with Gasteiger partial charge in [-0.1, -0.05) is 15.9 Å². The summed E-state index contributed by atoms with van der Waals surface area (Å²) in [4.78, 5) is 28.4. The van der Waals surface area contributed by atoms with E-state index in [0.29, 0.717) is 34.8 Å². The fourth-order valence-electron chi connectivity index (χ4n) is 2.45. The van der Waals surface area contributed by atoms with Crippen molar-refractivity contribution in [1.29, 1.82) is 0 Å². The van der Waals surface area contributed by atoms with E-state index >= 15 is 0 Å². The van der Waals surface area contributed by atoms with Crippen molar-refractivity contribution in [3.05, 3.63) is 88.2 Å². The quantitative estimate of drug-likeness (QED) is 0.243. The second-order valence-electron chi connectivity index (χ2n) is 5.96. The van der Waals surface area contributed by atoms with Gasteiger partial charge in [-0.2, -0.15) is 5.10 Å². The number of nitrogens with one attached hydrogen (secondary N) is 1. The van der Waals surface area contributed by atoms with Gasteiger partial charge < -0.3 is 9.47 Å². The van der Waals surface area contributed by atoms with Gasteiger partial charge in [-0.3, -0.25) is 9.78 Å². The number of rotatable bonds is 7. The summed E-state index contributed by atoms with van der Waals surface area (Å²) in [5.41, 5.74) is 3.76. The lowest BCUT2D eigenvalue weighted by molar-refractivity contribution is 0.0734. The summed E-state index contributed by atoms with van der Waals surface area (Å²) in [5, 5.41) is 3.96. The third-order valence-corrected chi connectivity index (χ3v) is 4.38. The van der Waals surface area contributed by atoms with E-state index in [1.807, 2.05) is 6.92 Å². The largest absolute Gasteiger partial charge is 0.494 e. The highest BCUT2D eigenvalue weighted by atomic mass is 79.9. The molecule has 0 atom stereocenters. The first-order valence-electron chi connectivity index (χ1n) is 9.05. The standard InChI is InChI=1S/C22H18BrN3O4/c1-2-29-19-6-3-16(4-7-19)22(28)30-20-8-5-18(23)13-17(20)14-25-26-21(27)15-9-11-24-12-10-15/h3-14H,2H2,1H3,(H,26,27). The first kappa shape index (κ1) is 21.2. The lowest BCUT2D eigenvalue weighted by Gasteiger charge is -2.09. The van der Waals surface area contributed by atoms with Crippen molar-refractivity contribution < 1.29 is 19.1 Å². The van der Waals surface area contributed by atoms with E-state index in [-0.39, 0.29) is 5.91 Å². The second-order valence-corrected chi connectivity index (χ2v) is 6.88. The van der Waals surface area contributed by atoms with Crippen LogP contribution in [0, 0.1) is 0 Å². The third-order valence-electron chi connectivity index (χ3n) is 3.89. The van der Waals surface area contributed by atoms with Crippen LogP contribution in [0.3, 0.4) is 0 Å². The number of halogens is 1. The maximum atomic E-state index is 12.5. The van der Waals surface area contributed by atoms with Crippen molar-refractivity contribution in [3.8, 4) is 11.5 Å². The summed E-state index contributed by atoms with van der Waals surface area (Å²) in [7, 11) is 0. The molecule has 0 unspecified atom stereocenters. The summed E-state index contributed by atoms with van der Waals surface area (Å²) in [6.07, 6.45) is 4.45. The molecular formula is C22H18BrN3O4. The highest BCUT2D eigenvalue weighted by Crippen LogP contribution is 2.23. The van der Waals surface area contributed by atoms with Crippen LogP contribution in [0.2, 0.25) is 0 Å². The Bertz CT molecular complexity index is 1050. The van der Waals surface area contributed by atoms with Crippen LogP contribution in [0.15, 0.2) is 76.6 Å². The molecule has 7 nitrogen and oxygen atoms in total. The number of hydrogen-bond donors (Lipinski definition) is 1.